The van der Waals surface area contributed by atoms with Gasteiger partial charge in [-0.1, -0.05) is 19.4 Å². The maximum atomic E-state index is 11.9. The van der Waals surface area contributed by atoms with Gasteiger partial charge in [0.15, 0.2) is 0 Å². The summed E-state index contributed by atoms with van der Waals surface area (Å²) in [4.78, 5) is 27.3. The van der Waals surface area contributed by atoms with Gasteiger partial charge in [-0.3, -0.25) is 9.59 Å². The molecule has 126 valence electrons. The van der Waals surface area contributed by atoms with Crippen LogP contribution in [-0.2, 0) is 4.79 Å². The molecule has 0 saturated heterocycles. The molecule has 1 aromatic heterocycles. The number of anilines is 3. The largest absolute Gasteiger partial charge is 0.352 e. The highest BCUT2D eigenvalue weighted by atomic mass is 16.2. The zero-order valence-corrected chi connectivity index (χ0v) is 13.9. The number of benzene rings is 1. The van der Waals surface area contributed by atoms with Crippen molar-refractivity contribution >= 4 is 29.0 Å². The lowest BCUT2D eigenvalue weighted by molar-refractivity contribution is -0.114. The number of pyridine rings is 1. The first-order chi connectivity index (χ1) is 11.6. The average molecular weight is 326 g/mol. The molecule has 3 N–H and O–H groups in total. The van der Waals surface area contributed by atoms with Gasteiger partial charge in [0.2, 0.25) is 5.91 Å². The van der Waals surface area contributed by atoms with Crippen LogP contribution in [-0.4, -0.2) is 23.3 Å². The SMILES string of the molecule is CCCCNC(=O)c1ccc(Nc2cccc(NC(C)=O)c2)nc1. The minimum atomic E-state index is -0.122. The molecule has 1 heterocycles. The minimum Gasteiger partial charge on any atom is -0.352 e. The fourth-order valence-electron chi connectivity index (χ4n) is 2.11. The van der Waals surface area contributed by atoms with Crippen LogP contribution in [0.5, 0.6) is 0 Å². The van der Waals surface area contributed by atoms with E-state index < -0.39 is 0 Å². The monoisotopic (exact) mass is 326 g/mol. The van der Waals surface area contributed by atoms with E-state index in [1.807, 2.05) is 24.3 Å². The van der Waals surface area contributed by atoms with Crippen LogP contribution >= 0.6 is 0 Å². The van der Waals surface area contributed by atoms with Crippen molar-refractivity contribution in [3.63, 3.8) is 0 Å². The molecule has 0 spiro atoms. The summed E-state index contributed by atoms with van der Waals surface area (Å²) in [7, 11) is 0. The van der Waals surface area contributed by atoms with Crippen LogP contribution in [0.1, 0.15) is 37.0 Å². The zero-order chi connectivity index (χ0) is 17.4. The Kier molecular flexibility index (Phi) is 6.31. The second kappa shape index (κ2) is 8.67. The van der Waals surface area contributed by atoms with Crippen LogP contribution in [0.15, 0.2) is 42.6 Å². The van der Waals surface area contributed by atoms with Gasteiger partial charge >= 0.3 is 0 Å². The Balaban J connectivity index is 1.98. The third kappa shape index (κ3) is 5.39. The molecule has 2 rings (SSSR count). The Morgan fingerprint density at radius 2 is 1.92 bits per heavy atom. The Bertz CT molecular complexity index is 698. The summed E-state index contributed by atoms with van der Waals surface area (Å²) >= 11 is 0. The lowest BCUT2D eigenvalue weighted by Gasteiger charge is -2.09. The van der Waals surface area contributed by atoms with Crippen LogP contribution in [0.25, 0.3) is 0 Å². The van der Waals surface area contributed by atoms with E-state index in [0.717, 1.165) is 18.5 Å². The Labute approximate surface area is 141 Å². The van der Waals surface area contributed by atoms with Crippen molar-refractivity contribution in [1.82, 2.24) is 10.3 Å². The fraction of sp³-hybridized carbons (Fsp3) is 0.278. The molecule has 24 heavy (non-hydrogen) atoms. The van der Waals surface area contributed by atoms with E-state index in [-0.39, 0.29) is 11.8 Å². The quantitative estimate of drug-likeness (QED) is 0.682. The van der Waals surface area contributed by atoms with Crippen LogP contribution in [0.3, 0.4) is 0 Å². The number of hydrogen-bond donors (Lipinski definition) is 3. The Morgan fingerprint density at radius 3 is 2.58 bits per heavy atom. The minimum absolute atomic E-state index is 0.116. The van der Waals surface area contributed by atoms with E-state index in [4.69, 9.17) is 0 Å². The highest BCUT2D eigenvalue weighted by Gasteiger charge is 2.05. The van der Waals surface area contributed by atoms with Gasteiger partial charge in [0.25, 0.3) is 5.91 Å². The lowest BCUT2D eigenvalue weighted by Crippen LogP contribution is -2.24. The number of rotatable bonds is 7. The second-order valence-electron chi connectivity index (χ2n) is 5.43. The van der Waals surface area contributed by atoms with E-state index in [2.05, 4.69) is 27.9 Å². The predicted molar refractivity (Wildman–Crippen MR) is 95.5 cm³/mol. The molecule has 0 atom stereocenters. The molecule has 6 heteroatoms. The Morgan fingerprint density at radius 1 is 1.12 bits per heavy atom. The van der Waals surface area contributed by atoms with Crippen molar-refractivity contribution in [2.24, 2.45) is 0 Å². The Hall–Kier alpha value is -2.89. The number of amides is 2. The van der Waals surface area contributed by atoms with Crippen LogP contribution in [0.4, 0.5) is 17.2 Å². The van der Waals surface area contributed by atoms with Gasteiger partial charge in [-0.05, 0) is 36.8 Å². The van der Waals surface area contributed by atoms with E-state index >= 15 is 0 Å². The summed E-state index contributed by atoms with van der Waals surface area (Å²) in [6.45, 7) is 4.21. The van der Waals surface area contributed by atoms with Gasteiger partial charge in [0.1, 0.15) is 5.82 Å². The van der Waals surface area contributed by atoms with Gasteiger partial charge in [-0.15, -0.1) is 0 Å². The number of carbonyl (C=O) groups excluding carboxylic acids is 2. The summed E-state index contributed by atoms with van der Waals surface area (Å²) in [6, 6.07) is 10.8. The van der Waals surface area contributed by atoms with Crippen molar-refractivity contribution in [3.05, 3.63) is 48.2 Å². The van der Waals surface area contributed by atoms with Gasteiger partial charge in [-0.25, -0.2) is 4.98 Å². The smallest absolute Gasteiger partial charge is 0.252 e. The lowest BCUT2D eigenvalue weighted by atomic mass is 10.2. The maximum Gasteiger partial charge on any atom is 0.252 e. The molecule has 2 aromatic rings. The first kappa shape index (κ1) is 17.5. The summed E-state index contributed by atoms with van der Waals surface area (Å²) in [5.74, 6) is 0.388. The molecular weight excluding hydrogens is 304 g/mol. The molecule has 1 aromatic carbocycles. The number of hydrogen-bond acceptors (Lipinski definition) is 4. The van der Waals surface area contributed by atoms with E-state index in [0.29, 0.717) is 23.6 Å². The summed E-state index contributed by atoms with van der Waals surface area (Å²) in [5.41, 5.74) is 2.04. The second-order valence-corrected chi connectivity index (χ2v) is 5.43. The highest BCUT2D eigenvalue weighted by molar-refractivity contribution is 5.94. The highest BCUT2D eigenvalue weighted by Crippen LogP contribution is 2.19. The summed E-state index contributed by atoms with van der Waals surface area (Å²) < 4.78 is 0. The van der Waals surface area contributed by atoms with Gasteiger partial charge in [-0.2, -0.15) is 0 Å². The van der Waals surface area contributed by atoms with E-state index in [9.17, 15) is 9.59 Å². The summed E-state index contributed by atoms with van der Waals surface area (Å²) in [6.07, 6.45) is 3.55. The molecule has 0 aliphatic carbocycles. The number of unbranched alkanes of at least 4 members (excludes halogenated alkanes) is 1. The van der Waals surface area contributed by atoms with Gasteiger partial charge < -0.3 is 16.0 Å². The first-order valence-electron chi connectivity index (χ1n) is 7.97. The van der Waals surface area contributed by atoms with Crippen molar-refractivity contribution in [3.8, 4) is 0 Å². The molecule has 0 radical (unpaired) electrons. The van der Waals surface area contributed by atoms with Crippen molar-refractivity contribution in [1.29, 1.82) is 0 Å². The van der Waals surface area contributed by atoms with Crippen molar-refractivity contribution < 1.29 is 9.59 Å². The van der Waals surface area contributed by atoms with Crippen molar-refractivity contribution in [2.45, 2.75) is 26.7 Å². The molecule has 0 saturated carbocycles. The fourth-order valence-corrected chi connectivity index (χ4v) is 2.11. The maximum absolute atomic E-state index is 11.9. The van der Waals surface area contributed by atoms with Gasteiger partial charge in [0, 0.05) is 31.0 Å². The van der Waals surface area contributed by atoms with E-state index in [1.54, 1.807) is 18.3 Å². The first-order valence-corrected chi connectivity index (χ1v) is 7.97. The van der Waals surface area contributed by atoms with Crippen LogP contribution in [0.2, 0.25) is 0 Å². The zero-order valence-electron chi connectivity index (χ0n) is 13.9. The van der Waals surface area contributed by atoms with Gasteiger partial charge in [0.05, 0.1) is 5.56 Å². The third-order valence-electron chi connectivity index (χ3n) is 3.30. The molecule has 2 amide bonds. The third-order valence-corrected chi connectivity index (χ3v) is 3.30. The van der Waals surface area contributed by atoms with E-state index in [1.165, 1.54) is 6.92 Å². The molecule has 6 nitrogen and oxygen atoms in total. The summed E-state index contributed by atoms with van der Waals surface area (Å²) in [5, 5.41) is 8.72. The molecule has 0 aliphatic heterocycles. The molecular formula is C18H22N4O2. The molecule has 0 bridgehead atoms. The van der Waals surface area contributed by atoms with Crippen molar-refractivity contribution in [2.75, 3.05) is 17.2 Å². The normalized spacial score (nSPS) is 10.1. The number of nitrogens with one attached hydrogen (secondary N) is 3. The number of nitrogens with zero attached hydrogens (tertiary/aromatic N) is 1. The average Bonchev–Trinajstić information content (AvgIpc) is 2.55. The van der Waals surface area contributed by atoms with Crippen LogP contribution < -0.4 is 16.0 Å². The molecule has 0 aliphatic rings. The topological polar surface area (TPSA) is 83.1 Å². The number of carbonyl (C=O) groups is 2. The molecule has 0 unspecified atom stereocenters. The predicted octanol–water partition coefficient (Wildman–Crippen LogP) is 3.31. The van der Waals surface area contributed by atoms with Crippen LogP contribution in [0, 0.1) is 0 Å². The number of aromatic nitrogens is 1. The molecule has 0 fully saturated rings. The standard InChI is InChI=1S/C18H22N4O2/c1-3-4-10-19-18(24)14-8-9-17(20-12-14)22-16-7-5-6-15(11-16)21-13(2)23/h5-9,11-12H,3-4,10H2,1-2H3,(H,19,24)(H,20,22)(H,21,23).